The van der Waals surface area contributed by atoms with Gasteiger partial charge in [-0.1, -0.05) is 11.6 Å². The van der Waals surface area contributed by atoms with Crippen molar-refractivity contribution in [2.45, 2.75) is 6.61 Å². The number of cyclic esters (lactones) is 1. The summed E-state index contributed by atoms with van der Waals surface area (Å²) in [6.45, 7) is 0.351. The van der Waals surface area contributed by atoms with Crippen molar-refractivity contribution >= 4 is 33.5 Å². The first-order valence-corrected chi connectivity index (χ1v) is 4.50. The number of carbonyl (C=O) groups is 1. The van der Waals surface area contributed by atoms with Crippen LogP contribution in [-0.4, -0.2) is 5.97 Å². The number of benzene rings is 1. The second kappa shape index (κ2) is 2.75. The molecule has 0 saturated heterocycles. The number of esters is 1. The van der Waals surface area contributed by atoms with Crippen LogP contribution in [-0.2, 0) is 11.3 Å². The van der Waals surface area contributed by atoms with E-state index in [2.05, 4.69) is 15.9 Å². The predicted molar refractivity (Wildman–Crippen MR) is 48.3 cm³/mol. The Morgan fingerprint density at radius 2 is 2.25 bits per heavy atom. The van der Waals surface area contributed by atoms with Crippen LogP contribution in [0.25, 0.3) is 0 Å². The minimum absolute atomic E-state index is 0.292. The van der Waals surface area contributed by atoms with E-state index in [1.165, 1.54) is 0 Å². The Hall–Kier alpha value is -0.540. The zero-order valence-corrected chi connectivity index (χ0v) is 8.28. The number of hydrogen-bond donors (Lipinski definition) is 0. The summed E-state index contributed by atoms with van der Waals surface area (Å²) in [6.07, 6.45) is 0. The van der Waals surface area contributed by atoms with Crippen LogP contribution in [0.3, 0.4) is 0 Å². The van der Waals surface area contributed by atoms with Gasteiger partial charge in [-0.3, -0.25) is 0 Å². The molecule has 0 atom stereocenters. The van der Waals surface area contributed by atoms with Gasteiger partial charge in [0.15, 0.2) is 0 Å². The van der Waals surface area contributed by atoms with Crippen molar-refractivity contribution in [3.05, 3.63) is 32.8 Å². The highest BCUT2D eigenvalue weighted by molar-refractivity contribution is 9.10. The van der Waals surface area contributed by atoms with Gasteiger partial charge in [0.1, 0.15) is 6.61 Å². The molecule has 0 fully saturated rings. The fraction of sp³-hybridized carbons (Fsp3) is 0.125. The minimum Gasteiger partial charge on any atom is -0.457 e. The summed E-state index contributed by atoms with van der Waals surface area (Å²) in [5.41, 5.74) is 1.46. The van der Waals surface area contributed by atoms with E-state index in [4.69, 9.17) is 16.3 Å². The Kier molecular flexibility index (Phi) is 1.85. The van der Waals surface area contributed by atoms with Crippen molar-refractivity contribution in [3.63, 3.8) is 0 Å². The Bertz CT molecular complexity index is 362. The van der Waals surface area contributed by atoms with E-state index in [-0.39, 0.29) is 5.97 Å². The maximum atomic E-state index is 11.0. The average molecular weight is 247 g/mol. The molecule has 62 valence electrons. The van der Waals surface area contributed by atoms with Gasteiger partial charge in [0.25, 0.3) is 0 Å². The molecule has 0 radical (unpaired) electrons. The third kappa shape index (κ3) is 1.13. The zero-order valence-electron chi connectivity index (χ0n) is 5.93. The Morgan fingerprint density at radius 3 is 3.00 bits per heavy atom. The summed E-state index contributed by atoms with van der Waals surface area (Å²) < 4.78 is 5.61. The van der Waals surface area contributed by atoms with Crippen LogP contribution in [0.1, 0.15) is 15.9 Å². The largest absolute Gasteiger partial charge is 0.457 e. The number of carbonyl (C=O) groups excluding carboxylic acids is 1. The minimum atomic E-state index is -0.292. The molecule has 1 aliphatic heterocycles. The van der Waals surface area contributed by atoms with Crippen LogP contribution in [0.5, 0.6) is 0 Å². The van der Waals surface area contributed by atoms with Crippen LogP contribution in [0, 0.1) is 0 Å². The number of halogens is 2. The van der Waals surface area contributed by atoms with E-state index in [9.17, 15) is 4.79 Å². The number of hydrogen-bond acceptors (Lipinski definition) is 2. The van der Waals surface area contributed by atoms with E-state index >= 15 is 0 Å². The van der Waals surface area contributed by atoms with Gasteiger partial charge in [-0.2, -0.15) is 0 Å². The van der Waals surface area contributed by atoms with Gasteiger partial charge in [-0.25, -0.2) is 4.79 Å². The Labute approximate surface area is 82.6 Å². The number of ether oxygens (including phenoxy) is 1. The van der Waals surface area contributed by atoms with E-state index < -0.39 is 0 Å². The van der Waals surface area contributed by atoms with Crippen molar-refractivity contribution < 1.29 is 9.53 Å². The molecular weight excluding hydrogens is 243 g/mol. The topological polar surface area (TPSA) is 26.3 Å². The summed E-state index contributed by atoms with van der Waals surface area (Å²) in [5, 5.41) is 0.535. The number of fused-ring (bicyclic) bond motifs is 1. The van der Waals surface area contributed by atoms with E-state index in [0.717, 1.165) is 10.0 Å². The van der Waals surface area contributed by atoms with E-state index in [0.29, 0.717) is 17.2 Å². The highest BCUT2D eigenvalue weighted by atomic mass is 79.9. The first kappa shape index (κ1) is 8.08. The Balaban J connectivity index is 2.63. The van der Waals surface area contributed by atoms with Crippen molar-refractivity contribution in [2.24, 2.45) is 0 Å². The second-order valence-electron chi connectivity index (χ2n) is 2.50. The van der Waals surface area contributed by atoms with Crippen molar-refractivity contribution in [3.8, 4) is 0 Å². The smallest absolute Gasteiger partial charge is 0.338 e. The fourth-order valence-electron chi connectivity index (χ4n) is 1.12. The van der Waals surface area contributed by atoms with Gasteiger partial charge >= 0.3 is 5.97 Å². The lowest BCUT2D eigenvalue weighted by Gasteiger charge is -1.97. The highest BCUT2D eigenvalue weighted by Crippen LogP contribution is 2.30. The SMILES string of the molecule is O=C1OCc2cc(Br)c(Cl)cc21. The lowest BCUT2D eigenvalue weighted by Crippen LogP contribution is -1.93. The summed E-state index contributed by atoms with van der Waals surface area (Å²) >= 11 is 9.07. The monoisotopic (exact) mass is 246 g/mol. The van der Waals surface area contributed by atoms with Gasteiger partial charge in [-0.15, -0.1) is 0 Å². The van der Waals surface area contributed by atoms with Gasteiger partial charge in [-0.05, 0) is 28.1 Å². The molecule has 0 saturated carbocycles. The van der Waals surface area contributed by atoms with Gasteiger partial charge in [0.2, 0.25) is 0 Å². The molecule has 0 N–H and O–H groups in total. The van der Waals surface area contributed by atoms with Gasteiger partial charge in [0, 0.05) is 10.0 Å². The lowest BCUT2D eigenvalue weighted by molar-refractivity contribution is 0.0535. The average Bonchev–Trinajstić information content (AvgIpc) is 2.35. The normalized spacial score (nSPS) is 14.3. The molecule has 0 spiro atoms. The highest BCUT2D eigenvalue weighted by Gasteiger charge is 2.22. The molecule has 0 unspecified atom stereocenters. The van der Waals surface area contributed by atoms with Crippen LogP contribution >= 0.6 is 27.5 Å². The zero-order chi connectivity index (χ0) is 8.72. The molecule has 0 aliphatic carbocycles. The molecule has 0 bridgehead atoms. The quantitative estimate of drug-likeness (QED) is 0.659. The third-order valence-corrected chi connectivity index (χ3v) is 2.92. The molecular formula is C8H4BrClO2. The standard InChI is InChI=1S/C8H4BrClO2/c9-6-1-4-3-12-8(11)5(4)2-7(6)10/h1-2H,3H2. The van der Waals surface area contributed by atoms with Crippen molar-refractivity contribution in [2.75, 3.05) is 0 Å². The van der Waals surface area contributed by atoms with Crippen LogP contribution in [0.2, 0.25) is 5.02 Å². The van der Waals surface area contributed by atoms with Crippen molar-refractivity contribution in [1.82, 2.24) is 0 Å². The summed E-state index contributed by atoms with van der Waals surface area (Å²) in [7, 11) is 0. The van der Waals surface area contributed by atoms with Crippen LogP contribution in [0.4, 0.5) is 0 Å². The summed E-state index contributed by atoms with van der Waals surface area (Å²) in [4.78, 5) is 11.0. The second-order valence-corrected chi connectivity index (χ2v) is 3.76. The molecule has 1 heterocycles. The number of rotatable bonds is 0. The maximum Gasteiger partial charge on any atom is 0.338 e. The van der Waals surface area contributed by atoms with Crippen molar-refractivity contribution in [1.29, 1.82) is 0 Å². The summed E-state index contributed by atoms with van der Waals surface area (Å²) in [5.74, 6) is -0.292. The van der Waals surface area contributed by atoms with Gasteiger partial charge in [0.05, 0.1) is 10.6 Å². The molecule has 4 heteroatoms. The van der Waals surface area contributed by atoms with Crippen LogP contribution < -0.4 is 0 Å². The predicted octanol–water partition coefficient (Wildman–Crippen LogP) is 2.77. The molecule has 1 aliphatic rings. The van der Waals surface area contributed by atoms with Crippen LogP contribution in [0.15, 0.2) is 16.6 Å². The Morgan fingerprint density at radius 1 is 1.50 bits per heavy atom. The molecule has 2 nitrogen and oxygen atoms in total. The molecule has 1 aromatic rings. The molecule has 12 heavy (non-hydrogen) atoms. The third-order valence-electron chi connectivity index (χ3n) is 1.72. The van der Waals surface area contributed by atoms with E-state index in [1.54, 1.807) is 6.07 Å². The molecule has 1 aromatic carbocycles. The maximum absolute atomic E-state index is 11.0. The first-order chi connectivity index (χ1) is 5.68. The summed E-state index contributed by atoms with van der Waals surface area (Å²) in [6, 6.07) is 3.43. The van der Waals surface area contributed by atoms with E-state index in [1.807, 2.05) is 6.07 Å². The fourth-order valence-corrected chi connectivity index (χ4v) is 1.67. The molecule has 2 rings (SSSR count). The van der Waals surface area contributed by atoms with Gasteiger partial charge < -0.3 is 4.74 Å². The lowest BCUT2D eigenvalue weighted by atomic mass is 10.1. The molecule has 0 aromatic heterocycles. The molecule has 0 amide bonds. The first-order valence-electron chi connectivity index (χ1n) is 3.33.